The average molecular weight is 415 g/mol. The molecule has 0 bridgehead atoms. The van der Waals surface area contributed by atoms with Crippen molar-refractivity contribution in [3.05, 3.63) is 77.5 Å². The Labute approximate surface area is 176 Å². The fraction of sp³-hybridized carbons (Fsp3) is 0.400. The van der Waals surface area contributed by atoms with Crippen molar-refractivity contribution in [2.75, 3.05) is 11.9 Å². The summed E-state index contributed by atoms with van der Waals surface area (Å²) < 4.78 is 39.0. The zero-order valence-electron chi connectivity index (χ0n) is 17.5. The summed E-state index contributed by atoms with van der Waals surface area (Å²) in [6.45, 7) is 2.10. The quantitative estimate of drug-likeness (QED) is 0.362. The van der Waals surface area contributed by atoms with Crippen LogP contribution in [0.2, 0.25) is 0 Å². The van der Waals surface area contributed by atoms with E-state index in [1.54, 1.807) is 0 Å². The van der Waals surface area contributed by atoms with Gasteiger partial charge in [0.25, 0.3) is 0 Å². The summed E-state index contributed by atoms with van der Waals surface area (Å²) in [4.78, 5) is 15.5. The van der Waals surface area contributed by atoms with Crippen LogP contribution in [0.1, 0.15) is 56.6 Å². The van der Waals surface area contributed by atoms with Crippen molar-refractivity contribution in [3.63, 3.8) is 0 Å². The number of carbonyl (C=O) groups excluding carboxylic acids is 1. The van der Waals surface area contributed by atoms with E-state index in [4.69, 9.17) is 0 Å². The van der Waals surface area contributed by atoms with Crippen molar-refractivity contribution in [2.24, 2.45) is 0 Å². The van der Waals surface area contributed by atoms with E-state index in [1.807, 2.05) is 48.5 Å². The molecule has 160 valence electrons. The number of rotatable bonds is 7. The third-order valence-corrected chi connectivity index (χ3v) is 6.03. The summed E-state index contributed by atoms with van der Waals surface area (Å²) in [5.74, 6) is 0.0427. The molecule has 2 nitrogen and oxygen atoms in total. The van der Waals surface area contributed by atoms with Crippen molar-refractivity contribution in [3.8, 4) is 0 Å². The van der Waals surface area contributed by atoms with Gasteiger partial charge in [-0.1, -0.05) is 56.5 Å². The topological polar surface area (TPSA) is 20.3 Å². The molecule has 0 aliphatic heterocycles. The molecule has 0 saturated heterocycles. The number of carbonyl (C=O) groups is 1. The van der Waals surface area contributed by atoms with Crippen molar-refractivity contribution >= 4 is 11.5 Å². The van der Waals surface area contributed by atoms with E-state index in [0.29, 0.717) is 24.8 Å². The molecule has 0 amide bonds. The molecule has 5 heteroatoms. The predicted molar refractivity (Wildman–Crippen MR) is 114 cm³/mol. The van der Waals surface area contributed by atoms with E-state index in [1.165, 1.54) is 12.1 Å². The Balaban J connectivity index is 1.92. The number of halogens is 3. The minimum absolute atomic E-state index is 0.0427. The third kappa shape index (κ3) is 4.61. The summed E-state index contributed by atoms with van der Waals surface area (Å²) in [6.07, 6.45) is 2.33. The SMILES string of the molecule is CCCCCC1(c2ccc(C(F)(F)F)cc2)CC/C(=C/N(C)c2ccccc2)C1=O. The molecule has 0 N–H and O–H groups in total. The molecule has 3 rings (SSSR count). The maximum atomic E-state index is 13.6. The van der Waals surface area contributed by atoms with Gasteiger partial charge in [-0.3, -0.25) is 4.79 Å². The Morgan fingerprint density at radius 2 is 1.70 bits per heavy atom. The van der Waals surface area contributed by atoms with E-state index in [2.05, 4.69) is 6.92 Å². The summed E-state index contributed by atoms with van der Waals surface area (Å²) in [7, 11) is 1.91. The van der Waals surface area contributed by atoms with Crippen LogP contribution in [-0.4, -0.2) is 12.8 Å². The van der Waals surface area contributed by atoms with Gasteiger partial charge in [0, 0.05) is 24.5 Å². The minimum Gasteiger partial charge on any atom is -0.351 e. The van der Waals surface area contributed by atoms with Crippen molar-refractivity contribution in [2.45, 2.75) is 57.0 Å². The molecule has 2 aromatic carbocycles. The fourth-order valence-corrected chi connectivity index (χ4v) is 4.29. The lowest BCUT2D eigenvalue weighted by Gasteiger charge is -2.28. The van der Waals surface area contributed by atoms with Gasteiger partial charge in [0.2, 0.25) is 0 Å². The van der Waals surface area contributed by atoms with Gasteiger partial charge in [-0.2, -0.15) is 13.2 Å². The first kappa shape index (κ1) is 22.1. The molecule has 1 aliphatic carbocycles. The molecular formula is C25H28F3NO. The number of benzene rings is 2. The number of nitrogens with zero attached hydrogens (tertiary/aromatic N) is 1. The number of hydrogen-bond acceptors (Lipinski definition) is 2. The molecular weight excluding hydrogens is 387 g/mol. The Kier molecular flexibility index (Phi) is 6.69. The van der Waals surface area contributed by atoms with E-state index >= 15 is 0 Å². The highest BCUT2D eigenvalue weighted by atomic mass is 19.4. The summed E-state index contributed by atoms with van der Waals surface area (Å²) in [5, 5.41) is 0. The standard InChI is InChI=1S/C25H28F3NO/c1-3-4-8-16-24(20-11-13-21(14-12-20)25(26,27)28)17-15-19(23(24)30)18-29(2)22-9-6-5-7-10-22/h5-7,9-14,18H,3-4,8,15-17H2,1-2H3/b19-18-. The highest BCUT2D eigenvalue weighted by Crippen LogP contribution is 2.45. The van der Waals surface area contributed by atoms with E-state index in [9.17, 15) is 18.0 Å². The van der Waals surface area contributed by atoms with Gasteiger partial charge in [0.1, 0.15) is 0 Å². The van der Waals surface area contributed by atoms with Gasteiger partial charge in [0.15, 0.2) is 5.78 Å². The number of hydrogen-bond donors (Lipinski definition) is 0. The first-order valence-electron chi connectivity index (χ1n) is 10.5. The van der Waals surface area contributed by atoms with Crippen LogP contribution in [0.3, 0.4) is 0 Å². The molecule has 0 spiro atoms. The van der Waals surface area contributed by atoms with Crippen LogP contribution in [0.25, 0.3) is 0 Å². The molecule has 0 heterocycles. The number of para-hydroxylation sites is 1. The highest BCUT2D eigenvalue weighted by Gasteiger charge is 2.46. The fourth-order valence-electron chi connectivity index (χ4n) is 4.29. The van der Waals surface area contributed by atoms with Gasteiger partial charge in [0.05, 0.1) is 11.0 Å². The molecule has 1 saturated carbocycles. The molecule has 1 atom stereocenters. The second-order valence-corrected chi connectivity index (χ2v) is 8.04. The van der Waals surface area contributed by atoms with Crippen LogP contribution in [0.4, 0.5) is 18.9 Å². The van der Waals surface area contributed by atoms with E-state index < -0.39 is 17.2 Å². The number of Topliss-reactive ketones (excluding diaryl/α,β-unsaturated/α-hetero) is 1. The molecule has 1 aliphatic rings. The normalized spacial score (nSPS) is 20.7. The van der Waals surface area contributed by atoms with Gasteiger partial charge >= 0.3 is 6.18 Å². The third-order valence-electron chi connectivity index (χ3n) is 6.03. The molecule has 0 radical (unpaired) electrons. The zero-order chi connectivity index (χ0) is 21.8. The Morgan fingerprint density at radius 3 is 2.30 bits per heavy atom. The Bertz CT molecular complexity index is 887. The van der Waals surface area contributed by atoms with E-state index in [-0.39, 0.29) is 5.78 Å². The molecule has 0 aromatic heterocycles. The second kappa shape index (κ2) is 9.07. The number of unbranched alkanes of at least 4 members (excludes halogenated alkanes) is 2. The maximum Gasteiger partial charge on any atom is 0.416 e. The van der Waals surface area contributed by atoms with Crippen LogP contribution >= 0.6 is 0 Å². The first-order chi connectivity index (χ1) is 14.3. The monoisotopic (exact) mass is 415 g/mol. The maximum absolute atomic E-state index is 13.6. The lowest BCUT2D eigenvalue weighted by atomic mass is 9.73. The lowest BCUT2D eigenvalue weighted by Crippen LogP contribution is -2.32. The van der Waals surface area contributed by atoms with Gasteiger partial charge in [-0.05, 0) is 49.1 Å². The van der Waals surface area contributed by atoms with Gasteiger partial charge in [-0.25, -0.2) is 0 Å². The van der Waals surface area contributed by atoms with Crippen LogP contribution in [0, 0.1) is 0 Å². The van der Waals surface area contributed by atoms with Gasteiger partial charge < -0.3 is 4.90 Å². The van der Waals surface area contributed by atoms with Crippen LogP contribution in [-0.2, 0) is 16.4 Å². The van der Waals surface area contributed by atoms with Crippen LogP contribution in [0.15, 0.2) is 66.4 Å². The predicted octanol–water partition coefficient (Wildman–Crippen LogP) is 6.91. The summed E-state index contributed by atoms with van der Waals surface area (Å²) >= 11 is 0. The van der Waals surface area contributed by atoms with Gasteiger partial charge in [-0.15, -0.1) is 0 Å². The van der Waals surface area contributed by atoms with Crippen molar-refractivity contribution in [1.29, 1.82) is 0 Å². The smallest absolute Gasteiger partial charge is 0.351 e. The molecule has 30 heavy (non-hydrogen) atoms. The average Bonchev–Trinajstić information content (AvgIpc) is 3.05. The number of alkyl halides is 3. The van der Waals surface area contributed by atoms with Crippen LogP contribution in [0.5, 0.6) is 0 Å². The van der Waals surface area contributed by atoms with Crippen LogP contribution < -0.4 is 4.90 Å². The molecule has 1 fully saturated rings. The van der Waals surface area contributed by atoms with E-state index in [0.717, 1.165) is 42.7 Å². The van der Waals surface area contributed by atoms with Crippen molar-refractivity contribution < 1.29 is 18.0 Å². The largest absolute Gasteiger partial charge is 0.416 e. The highest BCUT2D eigenvalue weighted by molar-refractivity contribution is 6.06. The van der Waals surface area contributed by atoms with Crippen molar-refractivity contribution in [1.82, 2.24) is 0 Å². The summed E-state index contributed by atoms with van der Waals surface area (Å²) in [5.41, 5.74) is 0.999. The minimum atomic E-state index is -4.38. The number of ketones is 1. The summed E-state index contributed by atoms with van der Waals surface area (Å²) in [6, 6.07) is 15.0. The molecule has 2 aromatic rings. The molecule has 1 unspecified atom stereocenters. The second-order valence-electron chi connectivity index (χ2n) is 8.04. The number of anilines is 1. The Hall–Kier alpha value is -2.56. The lowest BCUT2D eigenvalue weighted by molar-refractivity contribution is -0.137. The Morgan fingerprint density at radius 1 is 1.03 bits per heavy atom. The zero-order valence-corrected chi connectivity index (χ0v) is 17.5. The first-order valence-corrected chi connectivity index (χ1v) is 10.5. The number of allylic oxidation sites excluding steroid dienone is 1.